The third kappa shape index (κ3) is 3.53. The number of hydrogen-bond donors (Lipinski definition) is 0. The third-order valence-corrected chi connectivity index (χ3v) is 10.1. The van der Waals surface area contributed by atoms with Gasteiger partial charge in [0.2, 0.25) is 0 Å². The summed E-state index contributed by atoms with van der Waals surface area (Å²) in [5.41, 5.74) is 0. The van der Waals surface area contributed by atoms with E-state index in [1.165, 1.54) is 96.1 Å². The average Bonchev–Trinajstić information content (AvgIpc) is 3.54. The van der Waals surface area contributed by atoms with Crippen LogP contribution in [0.2, 0.25) is 0 Å². The van der Waals surface area contributed by atoms with Gasteiger partial charge in [0.1, 0.15) is 0 Å². The maximum atomic E-state index is 5.24. The highest BCUT2D eigenvalue weighted by Crippen LogP contribution is 2.50. The van der Waals surface area contributed by atoms with Crippen molar-refractivity contribution in [2.75, 3.05) is 19.6 Å². The van der Waals surface area contributed by atoms with Crippen LogP contribution in [-0.2, 0) is 0 Å². The Labute approximate surface area is 178 Å². The van der Waals surface area contributed by atoms with E-state index in [1.807, 2.05) is 0 Å². The molecule has 0 aromatic carbocycles. The van der Waals surface area contributed by atoms with Crippen molar-refractivity contribution in [1.82, 2.24) is 9.80 Å². The number of guanidine groups is 1. The van der Waals surface area contributed by atoms with E-state index >= 15 is 0 Å². The molecule has 1 saturated heterocycles. The van der Waals surface area contributed by atoms with E-state index in [0.717, 1.165) is 48.2 Å². The molecule has 0 N–H and O–H groups in total. The minimum absolute atomic E-state index is 0.740. The van der Waals surface area contributed by atoms with Gasteiger partial charge in [-0.05, 0) is 81.0 Å². The lowest BCUT2D eigenvalue weighted by atomic mass is 9.82. The van der Waals surface area contributed by atoms with E-state index in [2.05, 4.69) is 9.80 Å². The van der Waals surface area contributed by atoms with Crippen LogP contribution in [0.3, 0.4) is 0 Å². The number of nitrogens with zero attached hydrogens (tertiary/aromatic N) is 3. The molecule has 5 fully saturated rings. The molecule has 0 aromatic heterocycles. The second kappa shape index (κ2) is 8.08. The van der Waals surface area contributed by atoms with Gasteiger partial charge in [-0.2, -0.15) is 0 Å². The molecule has 0 radical (unpaired) electrons. The van der Waals surface area contributed by atoms with Crippen LogP contribution < -0.4 is 0 Å². The summed E-state index contributed by atoms with van der Waals surface area (Å²) in [4.78, 5) is 10.9. The van der Waals surface area contributed by atoms with Crippen molar-refractivity contribution in [1.29, 1.82) is 0 Å². The van der Waals surface area contributed by atoms with Crippen LogP contribution in [0.15, 0.2) is 4.99 Å². The molecule has 4 saturated carbocycles. The third-order valence-electron chi connectivity index (χ3n) is 10.1. The van der Waals surface area contributed by atoms with Gasteiger partial charge in [0.25, 0.3) is 0 Å². The van der Waals surface area contributed by atoms with Crippen LogP contribution in [0.25, 0.3) is 0 Å². The fourth-order valence-electron chi connectivity index (χ4n) is 8.58. The minimum Gasteiger partial charge on any atom is -0.338 e. The zero-order chi connectivity index (χ0) is 19.2. The molecule has 29 heavy (non-hydrogen) atoms. The summed E-state index contributed by atoms with van der Waals surface area (Å²) in [6, 6.07) is 1.52. The molecule has 4 aliphatic carbocycles. The molecule has 6 aliphatic rings. The SMILES string of the molecule is C1CCC([C@H]2CN3C(=NC[C@H]3C3CCCCC3)N2CCC2CC3CCC2C3)CC1. The second-order valence-electron chi connectivity index (χ2n) is 11.6. The highest BCUT2D eigenvalue weighted by atomic mass is 15.5. The molecular weight excluding hydrogens is 354 g/mol. The lowest BCUT2D eigenvalue weighted by Crippen LogP contribution is -2.41. The van der Waals surface area contributed by atoms with Crippen LogP contribution in [0.4, 0.5) is 0 Å². The van der Waals surface area contributed by atoms with Gasteiger partial charge >= 0.3 is 0 Å². The summed E-state index contributed by atoms with van der Waals surface area (Å²) >= 11 is 0. The molecule has 3 heteroatoms. The molecule has 2 bridgehead atoms. The standard InChI is InChI=1S/C26H43N3/c1-3-7-20(8-4-1)24-17-27-26-28(14-13-23-16-19-11-12-22(23)15-19)25(18-29(24)26)21-9-5-2-6-10-21/h19-25H,1-18H2/t19?,22?,23?,24-,25+/m0/s1. The van der Waals surface area contributed by atoms with Crippen molar-refractivity contribution in [3.05, 3.63) is 0 Å². The molecular formula is C26H43N3. The Morgan fingerprint density at radius 2 is 1.45 bits per heavy atom. The van der Waals surface area contributed by atoms with E-state index in [0.29, 0.717) is 0 Å². The lowest BCUT2D eigenvalue weighted by Gasteiger charge is -2.35. The first-order valence-corrected chi connectivity index (χ1v) is 13.4. The van der Waals surface area contributed by atoms with Gasteiger partial charge in [-0.3, -0.25) is 4.99 Å². The highest BCUT2D eigenvalue weighted by Gasteiger charge is 2.47. The van der Waals surface area contributed by atoms with Gasteiger partial charge in [-0.1, -0.05) is 44.9 Å². The first-order valence-electron chi connectivity index (χ1n) is 13.4. The maximum Gasteiger partial charge on any atom is 0.197 e. The second-order valence-corrected chi connectivity index (χ2v) is 11.6. The number of hydrogen-bond acceptors (Lipinski definition) is 3. The summed E-state index contributed by atoms with van der Waals surface area (Å²) in [6.07, 6.45) is 22.3. The van der Waals surface area contributed by atoms with E-state index in [9.17, 15) is 0 Å². The molecule has 3 unspecified atom stereocenters. The largest absolute Gasteiger partial charge is 0.338 e. The normalized spacial score (nSPS) is 40.7. The monoisotopic (exact) mass is 397 g/mol. The first kappa shape index (κ1) is 19.0. The van der Waals surface area contributed by atoms with Crippen LogP contribution in [0.5, 0.6) is 0 Å². The smallest absolute Gasteiger partial charge is 0.197 e. The van der Waals surface area contributed by atoms with Gasteiger partial charge in [0.05, 0.1) is 18.6 Å². The van der Waals surface area contributed by atoms with Crippen molar-refractivity contribution in [2.45, 2.75) is 108 Å². The molecule has 5 atom stereocenters. The highest BCUT2D eigenvalue weighted by molar-refractivity contribution is 5.84. The zero-order valence-electron chi connectivity index (χ0n) is 18.6. The summed E-state index contributed by atoms with van der Waals surface area (Å²) in [6.45, 7) is 3.71. The molecule has 3 nitrogen and oxygen atoms in total. The number of aliphatic imine (C=N–C) groups is 1. The molecule has 2 heterocycles. The molecule has 2 aliphatic heterocycles. The van der Waals surface area contributed by atoms with Crippen molar-refractivity contribution < 1.29 is 0 Å². The van der Waals surface area contributed by atoms with Crippen molar-refractivity contribution >= 4 is 5.96 Å². The van der Waals surface area contributed by atoms with Crippen molar-refractivity contribution in [2.24, 2.45) is 34.6 Å². The van der Waals surface area contributed by atoms with E-state index in [1.54, 1.807) is 19.3 Å². The summed E-state index contributed by atoms with van der Waals surface area (Å²) in [7, 11) is 0. The predicted octanol–water partition coefficient (Wildman–Crippen LogP) is 5.70. The topological polar surface area (TPSA) is 18.8 Å². The first-order chi connectivity index (χ1) is 14.4. The Morgan fingerprint density at radius 3 is 2.10 bits per heavy atom. The summed E-state index contributed by atoms with van der Waals surface area (Å²) in [5, 5.41) is 0. The number of fused-ring (bicyclic) bond motifs is 3. The van der Waals surface area contributed by atoms with Crippen LogP contribution >= 0.6 is 0 Å². The minimum atomic E-state index is 0.740. The van der Waals surface area contributed by atoms with E-state index in [4.69, 9.17) is 4.99 Å². The van der Waals surface area contributed by atoms with Crippen molar-refractivity contribution in [3.63, 3.8) is 0 Å². The Kier molecular flexibility index (Phi) is 5.29. The van der Waals surface area contributed by atoms with Crippen LogP contribution in [-0.4, -0.2) is 47.5 Å². The lowest BCUT2D eigenvalue weighted by molar-refractivity contribution is 0.166. The van der Waals surface area contributed by atoms with E-state index in [-0.39, 0.29) is 0 Å². The average molecular weight is 398 g/mol. The Hall–Kier alpha value is -0.730. The fourth-order valence-corrected chi connectivity index (χ4v) is 8.58. The Balaban J connectivity index is 1.17. The number of rotatable bonds is 5. The quantitative estimate of drug-likeness (QED) is 0.593. The van der Waals surface area contributed by atoms with Crippen LogP contribution in [0, 0.1) is 29.6 Å². The molecule has 0 aromatic rings. The van der Waals surface area contributed by atoms with Crippen LogP contribution in [0.1, 0.15) is 96.3 Å². The van der Waals surface area contributed by atoms with Gasteiger partial charge in [-0.15, -0.1) is 0 Å². The Morgan fingerprint density at radius 1 is 0.724 bits per heavy atom. The fraction of sp³-hybridized carbons (Fsp3) is 0.962. The van der Waals surface area contributed by atoms with E-state index < -0.39 is 0 Å². The Bertz CT molecular complexity index is 603. The maximum absolute atomic E-state index is 5.24. The molecule has 162 valence electrons. The van der Waals surface area contributed by atoms with Gasteiger partial charge in [-0.25, -0.2) is 0 Å². The predicted molar refractivity (Wildman–Crippen MR) is 120 cm³/mol. The summed E-state index contributed by atoms with van der Waals surface area (Å²) < 4.78 is 0. The van der Waals surface area contributed by atoms with Crippen molar-refractivity contribution in [3.8, 4) is 0 Å². The van der Waals surface area contributed by atoms with Gasteiger partial charge < -0.3 is 9.80 Å². The molecule has 0 amide bonds. The molecule has 0 spiro atoms. The van der Waals surface area contributed by atoms with Gasteiger partial charge in [0.15, 0.2) is 5.96 Å². The van der Waals surface area contributed by atoms with Gasteiger partial charge in [0, 0.05) is 13.1 Å². The zero-order valence-corrected chi connectivity index (χ0v) is 18.6. The summed E-state index contributed by atoms with van der Waals surface area (Å²) in [5.74, 6) is 6.50. The molecule has 6 rings (SSSR count).